The predicted octanol–water partition coefficient (Wildman–Crippen LogP) is 2.29. The van der Waals surface area contributed by atoms with Crippen molar-refractivity contribution in [2.24, 2.45) is 0 Å². The van der Waals surface area contributed by atoms with E-state index in [1.165, 1.54) is 12.4 Å². The maximum absolute atomic E-state index is 12.2. The fourth-order valence-corrected chi connectivity index (χ4v) is 4.34. The van der Waals surface area contributed by atoms with Gasteiger partial charge in [-0.2, -0.15) is 0 Å². The van der Waals surface area contributed by atoms with Gasteiger partial charge in [-0.3, -0.25) is 4.79 Å². The van der Waals surface area contributed by atoms with Gasteiger partial charge in [0.15, 0.2) is 9.84 Å². The van der Waals surface area contributed by atoms with Gasteiger partial charge < -0.3 is 10.6 Å². The van der Waals surface area contributed by atoms with Crippen LogP contribution in [0.5, 0.6) is 0 Å². The number of hydrogen-bond acceptors (Lipinski definition) is 6. The molecule has 1 aromatic carbocycles. The molecular formula is C16H17ClN4O3S. The van der Waals surface area contributed by atoms with Gasteiger partial charge in [-0.1, -0.05) is 17.7 Å². The predicted molar refractivity (Wildman–Crippen MR) is 96.9 cm³/mol. The number of nitrogens with one attached hydrogen (secondary N) is 2. The first kappa shape index (κ1) is 17.6. The number of halogens is 1. The van der Waals surface area contributed by atoms with E-state index in [2.05, 4.69) is 20.6 Å². The molecule has 1 atom stereocenters. The van der Waals surface area contributed by atoms with Gasteiger partial charge in [-0.25, -0.2) is 18.4 Å². The molecule has 132 valence electrons. The number of aryl methyl sites for hydroxylation is 1. The standard InChI is InChI=1S/C16H17ClN4O3S/c1-10-2-3-12(6-14(10)17)20-15(22)11-7-18-16(19-8-11)21-13-4-5-25(23,24)9-13/h2-3,6-8,13H,4-5,9H2,1H3,(H,20,22)(H,18,19,21). The van der Waals surface area contributed by atoms with Crippen LogP contribution < -0.4 is 10.6 Å². The molecule has 1 saturated heterocycles. The molecule has 1 aliphatic heterocycles. The first-order chi connectivity index (χ1) is 11.8. The van der Waals surface area contributed by atoms with Gasteiger partial charge in [0.1, 0.15) is 0 Å². The van der Waals surface area contributed by atoms with Crippen molar-refractivity contribution in [3.8, 4) is 0 Å². The summed E-state index contributed by atoms with van der Waals surface area (Å²) in [5.41, 5.74) is 1.80. The Hall–Kier alpha value is -2.19. The van der Waals surface area contributed by atoms with Crippen LogP contribution in [-0.4, -0.2) is 41.8 Å². The average molecular weight is 381 g/mol. The van der Waals surface area contributed by atoms with Crippen molar-refractivity contribution < 1.29 is 13.2 Å². The van der Waals surface area contributed by atoms with Crippen LogP contribution in [0, 0.1) is 6.92 Å². The van der Waals surface area contributed by atoms with Gasteiger partial charge in [0.05, 0.1) is 17.1 Å². The molecule has 2 aromatic rings. The molecule has 1 amide bonds. The Morgan fingerprint density at radius 3 is 2.60 bits per heavy atom. The topological polar surface area (TPSA) is 101 Å². The number of carbonyl (C=O) groups excluding carboxylic acids is 1. The quantitative estimate of drug-likeness (QED) is 0.843. The molecule has 0 spiro atoms. The van der Waals surface area contributed by atoms with E-state index in [9.17, 15) is 13.2 Å². The SMILES string of the molecule is Cc1ccc(NC(=O)c2cnc(NC3CCS(=O)(=O)C3)nc2)cc1Cl. The molecule has 1 aromatic heterocycles. The largest absolute Gasteiger partial charge is 0.350 e. The fourth-order valence-electron chi connectivity index (χ4n) is 2.49. The van der Waals surface area contributed by atoms with Crippen LogP contribution in [0.15, 0.2) is 30.6 Å². The number of carbonyl (C=O) groups is 1. The first-order valence-electron chi connectivity index (χ1n) is 7.69. The summed E-state index contributed by atoms with van der Waals surface area (Å²) in [5, 5.41) is 6.27. The molecular weight excluding hydrogens is 364 g/mol. The molecule has 0 saturated carbocycles. The second kappa shape index (κ2) is 6.97. The highest BCUT2D eigenvalue weighted by Crippen LogP contribution is 2.20. The monoisotopic (exact) mass is 380 g/mol. The van der Waals surface area contributed by atoms with E-state index < -0.39 is 9.84 Å². The third kappa shape index (κ3) is 4.46. The molecule has 9 heteroatoms. The molecule has 0 aliphatic carbocycles. The number of rotatable bonds is 4. The number of nitrogens with zero attached hydrogens (tertiary/aromatic N) is 2. The molecule has 0 bridgehead atoms. The summed E-state index contributed by atoms with van der Waals surface area (Å²) >= 11 is 6.04. The van der Waals surface area contributed by atoms with Crippen LogP contribution in [0.1, 0.15) is 22.3 Å². The lowest BCUT2D eigenvalue weighted by molar-refractivity contribution is 0.102. The minimum absolute atomic E-state index is 0.0762. The third-order valence-electron chi connectivity index (χ3n) is 3.91. The van der Waals surface area contributed by atoms with Gasteiger partial charge in [0.2, 0.25) is 5.95 Å². The summed E-state index contributed by atoms with van der Waals surface area (Å²) in [6.07, 6.45) is 3.32. The van der Waals surface area contributed by atoms with Crippen molar-refractivity contribution in [1.82, 2.24) is 9.97 Å². The first-order valence-corrected chi connectivity index (χ1v) is 9.89. The van der Waals surface area contributed by atoms with Crippen molar-refractivity contribution >= 4 is 39.0 Å². The van der Waals surface area contributed by atoms with Gasteiger partial charge in [0.25, 0.3) is 5.91 Å². The Kier molecular flexibility index (Phi) is 4.91. The minimum atomic E-state index is -2.97. The molecule has 0 radical (unpaired) electrons. The summed E-state index contributed by atoms with van der Waals surface area (Å²) in [6.45, 7) is 1.88. The highest BCUT2D eigenvalue weighted by molar-refractivity contribution is 7.91. The summed E-state index contributed by atoms with van der Waals surface area (Å²) in [4.78, 5) is 20.4. The Morgan fingerprint density at radius 2 is 2.00 bits per heavy atom. The zero-order valence-electron chi connectivity index (χ0n) is 13.5. The maximum atomic E-state index is 12.2. The molecule has 1 unspecified atom stereocenters. The maximum Gasteiger partial charge on any atom is 0.258 e. The second-order valence-electron chi connectivity index (χ2n) is 5.96. The second-order valence-corrected chi connectivity index (χ2v) is 8.59. The van der Waals surface area contributed by atoms with Gasteiger partial charge in [-0.05, 0) is 31.0 Å². The molecule has 25 heavy (non-hydrogen) atoms. The Morgan fingerprint density at radius 1 is 1.28 bits per heavy atom. The molecule has 2 heterocycles. The number of anilines is 2. The number of amides is 1. The average Bonchev–Trinajstić information content (AvgIpc) is 2.90. The van der Waals surface area contributed by atoms with Gasteiger partial charge in [0, 0.05) is 29.1 Å². The number of sulfone groups is 1. The van der Waals surface area contributed by atoms with E-state index in [-0.39, 0.29) is 23.5 Å². The molecule has 1 fully saturated rings. The zero-order valence-corrected chi connectivity index (χ0v) is 15.1. The summed E-state index contributed by atoms with van der Waals surface area (Å²) in [6, 6.07) is 5.05. The number of aromatic nitrogens is 2. The van der Waals surface area contributed by atoms with Crippen LogP contribution in [0.4, 0.5) is 11.6 Å². The molecule has 1 aliphatic rings. The fraction of sp³-hybridized carbons (Fsp3) is 0.312. The number of hydrogen-bond donors (Lipinski definition) is 2. The van der Waals surface area contributed by atoms with Gasteiger partial charge >= 0.3 is 0 Å². The number of benzene rings is 1. The van der Waals surface area contributed by atoms with E-state index in [4.69, 9.17) is 11.6 Å². The van der Waals surface area contributed by atoms with Crippen LogP contribution in [-0.2, 0) is 9.84 Å². The van der Waals surface area contributed by atoms with Crippen LogP contribution >= 0.6 is 11.6 Å². The van der Waals surface area contributed by atoms with Crippen LogP contribution in [0.3, 0.4) is 0 Å². The lowest BCUT2D eigenvalue weighted by Crippen LogP contribution is -2.22. The van der Waals surface area contributed by atoms with Crippen molar-refractivity contribution in [2.45, 2.75) is 19.4 Å². The normalized spacial score (nSPS) is 18.7. The molecule has 2 N–H and O–H groups in total. The molecule has 7 nitrogen and oxygen atoms in total. The lowest BCUT2D eigenvalue weighted by Gasteiger charge is -2.11. The minimum Gasteiger partial charge on any atom is -0.350 e. The highest BCUT2D eigenvalue weighted by Gasteiger charge is 2.28. The zero-order chi connectivity index (χ0) is 18.0. The van der Waals surface area contributed by atoms with Crippen molar-refractivity contribution in [1.29, 1.82) is 0 Å². The van der Waals surface area contributed by atoms with Crippen molar-refractivity contribution in [2.75, 3.05) is 22.1 Å². The van der Waals surface area contributed by atoms with Crippen LogP contribution in [0.2, 0.25) is 5.02 Å². The summed E-state index contributed by atoms with van der Waals surface area (Å²) in [5.74, 6) is 0.198. The third-order valence-corrected chi connectivity index (χ3v) is 6.08. The van der Waals surface area contributed by atoms with E-state index in [1.807, 2.05) is 13.0 Å². The van der Waals surface area contributed by atoms with Crippen molar-refractivity contribution in [3.05, 3.63) is 46.7 Å². The van der Waals surface area contributed by atoms with Gasteiger partial charge in [-0.15, -0.1) is 0 Å². The summed E-state index contributed by atoms with van der Waals surface area (Å²) < 4.78 is 22.9. The van der Waals surface area contributed by atoms with E-state index in [0.29, 0.717) is 28.6 Å². The highest BCUT2D eigenvalue weighted by atomic mass is 35.5. The Labute approximate surface area is 150 Å². The van der Waals surface area contributed by atoms with Crippen LogP contribution in [0.25, 0.3) is 0 Å². The summed E-state index contributed by atoms with van der Waals surface area (Å²) in [7, 11) is -2.97. The lowest BCUT2D eigenvalue weighted by atomic mass is 10.2. The van der Waals surface area contributed by atoms with E-state index in [0.717, 1.165) is 5.56 Å². The van der Waals surface area contributed by atoms with E-state index in [1.54, 1.807) is 12.1 Å². The smallest absolute Gasteiger partial charge is 0.258 e. The molecule has 3 rings (SSSR count). The Bertz CT molecular complexity index is 900. The van der Waals surface area contributed by atoms with Crippen molar-refractivity contribution in [3.63, 3.8) is 0 Å². The van der Waals surface area contributed by atoms with E-state index >= 15 is 0 Å². The Balaban J connectivity index is 1.63.